The van der Waals surface area contributed by atoms with Crippen LogP contribution in [-0.4, -0.2) is 13.7 Å². The molecule has 1 aromatic rings. The fourth-order valence-corrected chi connectivity index (χ4v) is 2.74. The van der Waals surface area contributed by atoms with Crippen LogP contribution in [0.5, 0.6) is 5.75 Å². The summed E-state index contributed by atoms with van der Waals surface area (Å²) in [7, 11) is 1.77. The molecule has 0 saturated heterocycles. The molecule has 0 bridgehead atoms. The molecular weight excluding hydrogens is 246 g/mol. The second kappa shape index (κ2) is 7.68. The van der Waals surface area contributed by atoms with Crippen LogP contribution in [0.2, 0.25) is 0 Å². The lowest BCUT2D eigenvalue weighted by molar-refractivity contribution is 0.293. The Hall–Kier alpha value is -1.02. The number of nitrogens with one attached hydrogen (secondary N) is 1. The Balaban J connectivity index is 3.25. The molecule has 0 amide bonds. The van der Waals surface area contributed by atoms with Crippen molar-refractivity contribution in [3.05, 3.63) is 28.8 Å². The van der Waals surface area contributed by atoms with E-state index in [0.717, 1.165) is 18.7 Å². The zero-order valence-electron chi connectivity index (χ0n) is 14.2. The van der Waals surface area contributed by atoms with Crippen molar-refractivity contribution in [3.63, 3.8) is 0 Å². The maximum Gasteiger partial charge on any atom is 0.124 e. The molecule has 0 aliphatic carbocycles. The molecule has 2 atom stereocenters. The number of methoxy groups -OCH3 is 1. The number of hydrogen-bond acceptors (Lipinski definition) is 2. The molecule has 0 radical (unpaired) electrons. The summed E-state index contributed by atoms with van der Waals surface area (Å²) in [5.41, 5.74) is 3.91. The average Bonchev–Trinajstić information content (AvgIpc) is 2.39. The largest absolute Gasteiger partial charge is 0.496 e. The van der Waals surface area contributed by atoms with Crippen molar-refractivity contribution < 1.29 is 4.74 Å². The minimum Gasteiger partial charge on any atom is -0.496 e. The van der Waals surface area contributed by atoms with E-state index < -0.39 is 0 Å². The van der Waals surface area contributed by atoms with Gasteiger partial charge in [0, 0.05) is 11.6 Å². The molecule has 2 nitrogen and oxygen atoms in total. The Bertz CT molecular complexity index is 426. The number of rotatable bonds is 7. The van der Waals surface area contributed by atoms with Crippen LogP contribution in [0, 0.1) is 25.7 Å². The van der Waals surface area contributed by atoms with E-state index >= 15 is 0 Å². The van der Waals surface area contributed by atoms with Crippen molar-refractivity contribution in [2.75, 3.05) is 13.7 Å². The SMILES string of the molecule is CCCNC(c1c(C)cc(C)cc1OC)C(C)C(C)C. The minimum absolute atomic E-state index is 0.352. The standard InChI is InChI=1S/C18H31NO/c1-8-9-19-18(15(6)12(2)3)17-14(5)10-13(4)11-16(17)20-7/h10-12,15,18-19H,8-9H2,1-7H3. The van der Waals surface area contributed by atoms with Gasteiger partial charge in [-0.2, -0.15) is 0 Å². The van der Waals surface area contributed by atoms with Crippen molar-refractivity contribution in [1.82, 2.24) is 5.32 Å². The van der Waals surface area contributed by atoms with E-state index in [1.807, 2.05) is 0 Å². The highest BCUT2D eigenvalue weighted by Gasteiger charge is 2.26. The Morgan fingerprint density at radius 2 is 1.80 bits per heavy atom. The summed E-state index contributed by atoms with van der Waals surface area (Å²) >= 11 is 0. The highest BCUT2D eigenvalue weighted by Crippen LogP contribution is 2.36. The Morgan fingerprint density at radius 1 is 1.15 bits per heavy atom. The van der Waals surface area contributed by atoms with Gasteiger partial charge in [0.1, 0.15) is 5.75 Å². The second-order valence-corrected chi connectivity index (χ2v) is 6.23. The zero-order valence-corrected chi connectivity index (χ0v) is 14.2. The highest BCUT2D eigenvalue weighted by atomic mass is 16.5. The van der Waals surface area contributed by atoms with E-state index in [-0.39, 0.29) is 0 Å². The van der Waals surface area contributed by atoms with E-state index in [4.69, 9.17) is 4.74 Å². The molecule has 0 saturated carbocycles. The lowest BCUT2D eigenvalue weighted by atomic mass is 9.83. The smallest absolute Gasteiger partial charge is 0.124 e. The zero-order chi connectivity index (χ0) is 15.3. The molecule has 1 aromatic carbocycles. The maximum atomic E-state index is 5.66. The topological polar surface area (TPSA) is 21.3 Å². The highest BCUT2D eigenvalue weighted by molar-refractivity contribution is 5.45. The van der Waals surface area contributed by atoms with Crippen LogP contribution in [0.25, 0.3) is 0 Å². The van der Waals surface area contributed by atoms with Crippen molar-refractivity contribution in [2.24, 2.45) is 11.8 Å². The number of aryl methyl sites for hydroxylation is 2. The van der Waals surface area contributed by atoms with E-state index in [1.165, 1.54) is 16.7 Å². The molecule has 0 aliphatic heterocycles. The molecule has 1 N–H and O–H groups in total. The Morgan fingerprint density at radius 3 is 2.30 bits per heavy atom. The summed E-state index contributed by atoms with van der Waals surface area (Å²) in [4.78, 5) is 0. The van der Waals surface area contributed by atoms with Gasteiger partial charge in [0.25, 0.3) is 0 Å². The third-order valence-electron chi connectivity index (χ3n) is 4.22. The van der Waals surface area contributed by atoms with Crippen molar-refractivity contribution >= 4 is 0 Å². The average molecular weight is 277 g/mol. The normalized spacial score (nSPS) is 14.4. The lowest BCUT2D eigenvalue weighted by Crippen LogP contribution is -2.31. The molecule has 1 rings (SSSR count). The maximum absolute atomic E-state index is 5.66. The number of hydrogen-bond donors (Lipinski definition) is 1. The molecule has 114 valence electrons. The third kappa shape index (κ3) is 3.99. The molecule has 2 heteroatoms. The van der Waals surface area contributed by atoms with Crippen molar-refractivity contribution in [3.8, 4) is 5.75 Å². The van der Waals surface area contributed by atoms with Gasteiger partial charge in [0.05, 0.1) is 7.11 Å². The van der Waals surface area contributed by atoms with E-state index in [1.54, 1.807) is 7.11 Å². The third-order valence-corrected chi connectivity index (χ3v) is 4.22. The molecule has 0 spiro atoms. The van der Waals surface area contributed by atoms with Gasteiger partial charge < -0.3 is 10.1 Å². The first-order chi connectivity index (χ1) is 9.42. The van der Waals surface area contributed by atoms with Gasteiger partial charge in [-0.15, -0.1) is 0 Å². The monoisotopic (exact) mass is 277 g/mol. The first-order valence-electron chi connectivity index (χ1n) is 7.80. The van der Waals surface area contributed by atoms with Crippen LogP contribution in [0.1, 0.15) is 56.8 Å². The van der Waals surface area contributed by atoms with Crippen LogP contribution < -0.4 is 10.1 Å². The van der Waals surface area contributed by atoms with Crippen LogP contribution >= 0.6 is 0 Å². The summed E-state index contributed by atoms with van der Waals surface area (Å²) in [5, 5.41) is 3.72. The molecule has 2 unspecified atom stereocenters. The van der Waals surface area contributed by atoms with Crippen LogP contribution in [0.4, 0.5) is 0 Å². The van der Waals surface area contributed by atoms with Gasteiger partial charge in [-0.25, -0.2) is 0 Å². The summed E-state index contributed by atoms with van der Waals surface area (Å²) in [6.07, 6.45) is 1.15. The van der Waals surface area contributed by atoms with Gasteiger partial charge in [0.15, 0.2) is 0 Å². The second-order valence-electron chi connectivity index (χ2n) is 6.23. The molecule has 0 heterocycles. The van der Waals surface area contributed by atoms with E-state index in [9.17, 15) is 0 Å². The van der Waals surface area contributed by atoms with E-state index in [2.05, 4.69) is 59.0 Å². The van der Waals surface area contributed by atoms with Gasteiger partial charge in [0.2, 0.25) is 0 Å². The molecule has 0 aliphatic rings. The van der Waals surface area contributed by atoms with Gasteiger partial charge in [-0.3, -0.25) is 0 Å². The van der Waals surface area contributed by atoms with Gasteiger partial charge in [-0.1, -0.05) is 33.8 Å². The Kier molecular flexibility index (Phi) is 6.54. The van der Waals surface area contributed by atoms with Crippen LogP contribution in [0.15, 0.2) is 12.1 Å². The summed E-state index contributed by atoms with van der Waals surface area (Å²) in [5.74, 6) is 2.22. The van der Waals surface area contributed by atoms with E-state index in [0.29, 0.717) is 17.9 Å². The van der Waals surface area contributed by atoms with Crippen LogP contribution in [0.3, 0.4) is 0 Å². The predicted molar refractivity (Wildman–Crippen MR) is 87.5 cm³/mol. The molecule has 20 heavy (non-hydrogen) atoms. The first kappa shape index (κ1) is 17.0. The van der Waals surface area contributed by atoms with Crippen LogP contribution in [-0.2, 0) is 0 Å². The first-order valence-corrected chi connectivity index (χ1v) is 7.80. The predicted octanol–water partition coefficient (Wildman–Crippen LogP) is 4.64. The molecular formula is C18H31NO. The number of ether oxygens (including phenoxy) is 1. The Labute approximate surface area is 124 Å². The molecule has 0 aromatic heterocycles. The van der Waals surface area contributed by atoms with Gasteiger partial charge >= 0.3 is 0 Å². The lowest BCUT2D eigenvalue weighted by Gasteiger charge is -2.31. The van der Waals surface area contributed by atoms with Crippen molar-refractivity contribution in [1.29, 1.82) is 0 Å². The fraction of sp³-hybridized carbons (Fsp3) is 0.667. The fourth-order valence-electron chi connectivity index (χ4n) is 2.74. The summed E-state index contributed by atoms with van der Waals surface area (Å²) < 4.78 is 5.66. The van der Waals surface area contributed by atoms with Crippen molar-refractivity contribution in [2.45, 2.75) is 54.0 Å². The summed E-state index contributed by atoms with van der Waals surface area (Å²) in [6.45, 7) is 14.5. The minimum atomic E-state index is 0.352. The number of benzene rings is 1. The molecule has 0 fully saturated rings. The van der Waals surface area contributed by atoms with Gasteiger partial charge in [-0.05, 0) is 55.8 Å². The summed E-state index contributed by atoms with van der Waals surface area (Å²) in [6, 6.07) is 4.76. The quantitative estimate of drug-likeness (QED) is 0.783.